The summed E-state index contributed by atoms with van der Waals surface area (Å²) in [5.41, 5.74) is 2.90. The van der Waals surface area contributed by atoms with Crippen molar-refractivity contribution >= 4 is 30.0 Å². The van der Waals surface area contributed by atoms with Crippen molar-refractivity contribution in [1.82, 2.24) is 0 Å². The molecule has 0 aliphatic carbocycles. The van der Waals surface area contributed by atoms with Gasteiger partial charge in [0.2, 0.25) is 6.79 Å². The Morgan fingerprint density at radius 1 is 0.661 bits per heavy atom. The van der Waals surface area contributed by atoms with E-state index in [1.165, 1.54) is 79.1 Å². The summed E-state index contributed by atoms with van der Waals surface area (Å²) in [4.78, 5) is 100. The van der Waals surface area contributed by atoms with Crippen LogP contribution in [-0.2, 0) is 62.7 Å². The minimum atomic E-state index is -0.924. The quantitative estimate of drug-likeness (QED) is 0.0102. The molecule has 62 heavy (non-hydrogen) atoms. The van der Waals surface area contributed by atoms with E-state index in [4.69, 9.17) is 57.6 Å². The topological polar surface area (TPSA) is 224 Å². The second kappa shape index (κ2) is 25.1. The van der Waals surface area contributed by atoms with E-state index in [9.17, 15) is 24.0 Å². The summed E-state index contributed by atoms with van der Waals surface area (Å²) < 4.78 is 38.4. The number of fused-ring (bicyclic) bond motifs is 1. The van der Waals surface area contributed by atoms with Gasteiger partial charge in [0.25, 0.3) is 0 Å². The Morgan fingerprint density at radius 3 is 1.81 bits per heavy atom. The van der Waals surface area contributed by atoms with Crippen molar-refractivity contribution in [3.8, 4) is 17.2 Å². The predicted molar refractivity (Wildman–Crippen MR) is 204 cm³/mol. The zero-order chi connectivity index (χ0) is 43.9. The number of benzene rings is 3. The van der Waals surface area contributed by atoms with Gasteiger partial charge in [0.1, 0.15) is 30.0 Å². The summed E-state index contributed by atoms with van der Waals surface area (Å²) in [6, 6.07) is 17.1. The van der Waals surface area contributed by atoms with Crippen LogP contribution in [0.15, 0.2) is 104 Å². The van der Waals surface area contributed by atoms with Gasteiger partial charge in [-0.2, -0.15) is 19.6 Å². The molecule has 2 aliphatic heterocycles. The number of rotatable bonds is 24. The van der Waals surface area contributed by atoms with Crippen molar-refractivity contribution in [2.45, 2.75) is 50.6 Å². The summed E-state index contributed by atoms with van der Waals surface area (Å²) in [6.45, 7) is 4.94. The van der Waals surface area contributed by atoms with Crippen molar-refractivity contribution in [2.24, 2.45) is 0 Å². The molecule has 0 radical (unpaired) electrons. The zero-order valence-electron chi connectivity index (χ0n) is 33.2. The first-order valence-corrected chi connectivity index (χ1v) is 18.9. The summed E-state index contributed by atoms with van der Waals surface area (Å²) in [6.07, 6.45) is 1.00. The van der Waals surface area contributed by atoms with Crippen LogP contribution >= 0.6 is 0 Å². The van der Waals surface area contributed by atoms with Gasteiger partial charge >= 0.3 is 30.0 Å². The molecule has 0 saturated carbocycles. The second-order valence-electron chi connectivity index (χ2n) is 12.6. The summed E-state index contributed by atoms with van der Waals surface area (Å²) in [5.74, 6) is -2.16. The van der Waals surface area contributed by atoms with Gasteiger partial charge in [-0.05, 0) is 92.2 Å². The molecule has 3 aromatic carbocycles. The predicted octanol–water partition coefficient (Wildman–Crippen LogP) is 5.61. The summed E-state index contributed by atoms with van der Waals surface area (Å²) in [7, 11) is 0. The van der Waals surface area contributed by atoms with Crippen LogP contribution in [0.1, 0.15) is 57.3 Å². The van der Waals surface area contributed by atoms with E-state index >= 15 is 0 Å². The maximum atomic E-state index is 13.0. The lowest BCUT2D eigenvalue weighted by Gasteiger charge is -2.17. The first-order chi connectivity index (χ1) is 30.2. The molecular weight excluding hydrogens is 824 g/mol. The van der Waals surface area contributed by atoms with Crippen LogP contribution in [0.2, 0.25) is 0 Å². The Morgan fingerprint density at radius 2 is 1.21 bits per heavy atom. The first kappa shape index (κ1) is 46.3. The van der Waals surface area contributed by atoms with Crippen molar-refractivity contribution in [3.05, 3.63) is 120 Å². The number of ether oxygens (including phenoxy) is 7. The molecule has 2 aliphatic rings. The van der Waals surface area contributed by atoms with Gasteiger partial charge < -0.3 is 47.8 Å². The van der Waals surface area contributed by atoms with Crippen molar-refractivity contribution < 1.29 is 96.2 Å². The van der Waals surface area contributed by atoms with E-state index in [2.05, 4.69) is 27.0 Å². The molecule has 20 heteroatoms. The maximum absolute atomic E-state index is 13.0. The highest BCUT2D eigenvalue weighted by Crippen LogP contribution is 2.32. The monoisotopic (exact) mass is 866 g/mol. The fourth-order valence-corrected chi connectivity index (χ4v) is 5.35. The molecule has 5 rings (SSSR count). The van der Waals surface area contributed by atoms with E-state index < -0.39 is 61.2 Å². The minimum Gasteiger partial charge on any atom is -0.453 e. The highest BCUT2D eigenvalue weighted by molar-refractivity contribution is 5.92. The van der Waals surface area contributed by atoms with Crippen molar-refractivity contribution in [1.29, 1.82) is 0 Å². The molecule has 2 heterocycles. The van der Waals surface area contributed by atoms with Crippen LogP contribution in [-0.4, -0.2) is 94.3 Å². The largest absolute Gasteiger partial charge is 0.513 e. The molecule has 20 nitrogen and oxygen atoms in total. The average molecular weight is 867 g/mol. The van der Waals surface area contributed by atoms with Crippen LogP contribution in [0.5, 0.6) is 17.2 Å². The number of hydrogen-bond donors (Lipinski definition) is 0. The number of carbonyl (C=O) groups is 5. The summed E-state index contributed by atoms with van der Waals surface area (Å²) >= 11 is 0. The van der Waals surface area contributed by atoms with Crippen LogP contribution < -0.4 is 14.4 Å². The second-order valence-corrected chi connectivity index (χ2v) is 12.6. The van der Waals surface area contributed by atoms with Gasteiger partial charge in [-0.15, -0.1) is 0 Å². The SMILES string of the molecule is C=C=COOCCCC(=O)OOCOOc1ccc(C(=O)O[C@@H]2CO[C@H]3[C@@H]2OC[C@@H]3OC(=O)c2ccc(OC(=O)c3ccc(OC(=O)OCCCOOC=CC)cc3)cc2)cc1. The highest BCUT2D eigenvalue weighted by atomic mass is 17.3. The van der Waals surface area contributed by atoms with Gasteiger partial charge in [-0.1, -0.05) is 12.3 Å². The lowest BCUT2D eigenvalue weighted by molar-refractivity contribution is -0.369. The highest BCUT2D eigenvalue weighted by Gasteiger charge is 2.51. The smallest absolute Gasteiger partial charge is 0.453 e. The van der Waals surface area contributed by atoms with E-state index in [0.717, 1.165) is 6.26 Å². The molecule has 0 unspecified atom stereocenters. The van der Waals surface area contributed by atoms with Crippen LogP contribution in [0.3, 0.4) is 0 Å². The van der Waals surface area contributed by atoms with E-state index in [1.54, 1.807) is 13.0 Å². The van der Waals surface area contributed by atoms with Crippen molar-refractivity contribution in [2.75, 3.05) is 39.8 Å². The van der Waals surface area contributed by atoms with Gasteiger partial charge in [0.05, 0.1) is 56.1 Å². The van der Waals surface area contributed by atoms with Crippen LogP contribution in [0.25, 0.3) is 0 Å². The third kappa shape index (κ3) is 15.0. The standard InChI is InChI=1S/C42H42O20/c1-3-20-51-53-23-5-7-36(43)62-56-27-55-61-33-18-12-30(13-19-33)41(46)60-35-26-50-37-34(25-49-38(35)37)59-40(45)29-8-14-31(15-9-29)57-39(44)28-10-16-32(17-11-28)58-42(47)48-22-6-24-54-52-21-4-2/h4,8-21,34-35,37-38H,1,5-7,22-27H2,2H3/t34-,35+,37+,38+/m0/s1. The molecule has 0 bridgehead atoms. The molecule has 0 N–H and O–H groups in total. The van der Waals surface area contributed by atoms with E-state index in [0.29, 0.717) is 12.8 Å². The minimum absolute atomic E-state index is 0.00210. The fourth-order valence-electron chi connectivity index (χ4n) is 5.35. The molecule has 3 aromatic rings. The Bertz CT molecular complexity index is 1990. The number of hydrogen-bond acceptors (Lipinski definition) is 20. The molecular formula is C42H42O20. The molecule has 2 fully saturated rings. The molecule has 0 aromatic heterocycles. The fraction of sp³-hybridized carbons (Fsp3) is 0.333. The van der Waals surface area contributed by atoms with Gasteiger partial charge in [-0.25, -0.2) is 24.0 Å². The lowest BCUT2D eigenvalue weighted by atomic mass is 10.1. The van der Waals surface area contributed by atoms with E-state index in [1.807, 2.05) is 0 Å². The molecule has 0 amide bonds. The Kier molecular flexibility index (Phi) is 18.7. The Hall–Kier alpha value is -6.77. The van der Waals surface area contributed by atoms with Gasteiger partial charge in [0, 0.05) is 6.42 Å². The normalized spacial score (nSPS) is 17.5. The average Bonchev–Trinajstić information content (AvgIpc) is 3.87. The third-order valence-corrected chi connectivity index (χ3v) is 8.22. The number of allylic oxidation sites excluding steroid dienone is 1. The molecule has 0 spiro atoms. The lowest BCUT2D eigenvalue weighted by Crippen LogP contribution is -2.36. The molecule has 4 atom stereocenters. The molecule has 2 saturated heterocycles. The zero-order valence-corrected chi connectivity index (χ0v) is 33.2. The first-order valence-electron chi connectivity index (χ1n) is 18.9. The van der Waals surface area contributed by atoms with Crippen LogP contribution in [0.4, 0.5) is 4.79 Å². The third-order valence-electron chi connectivity index (χ3n) is 8.22. The van der Waals surface area contributed by atoms with Crippen LogP contribution in [0, 0.1) is 0 Å². The van der Waals surface area contributed by atoms with Gasteiger partial charge in [-0.3, -0.25) is 4.89 Å². The Labute approximate surface area is 353 Å². The Balaban J connectivity index is 0.969. The summed E-state index contributed by atoms with van der Waals surface area (Å²) in [5, 5.41) is 0. The number of esters is 3. The van der Waals surface area contributed by atoms with Crippen molar-refractivity contribution in [3.63, 3.8) is 0 Å². The number of carbonyl (C=O) groups excluding carboxylic acids is 5. The maximum Gasteiger partial charge on any atom is 0.513 e. The van der Waals surface area contributed by atoms with Gasteiger partial charge in [0.15, 0.2) is 24.2 Å². The molecule has 330 valence electrons. The van der Waals surface area contributed by atoms with E-state index in [-0.39, 0.29) is 73.4 Å².